The first-order valence-electron chi connectivity index (χ1n) is 24.2. The Labute approximate surface area is 410 Å². The smallest absolute Gasteiger partial charge is 0.180 e. The van der Waals surface area contributed by atoms with Gasteiger partial charge in [-0.2, -0.15) is 0 Å². The van der Waals surface area contributed by atoms with Crippen molar-refractivity contribution in [2.24, 2.45) is 0 Å². The molecule has 0 saturated heterocycles. The molecule has 0 aliphatic carbocycles. The van der Waals surface area contributed by atoms with Gasteiger partial charge in [0.25, 0.3) is 0 Å². The standard InChI is InChI=1S/C68H47NSi/c1-7-21-48(22-8-1)53-39-54(49-23-9-2-10-24-49)42-57(41-53)52-35-38-66-64(45-52)65(58-43-55(50-25-11-3-12-26-50)40-56(44-58)51-27-13-4-14-28-51)47-69(66)59-36-37-63-62-33-19-20-34-67(62)70(68(63)46-59,60-29-15-5-16-30-60)61-31-17-6-18-32-61/h1-47H. The van der Waals surface area contributed by atoms with E-state index in [1.54, 1.807) is 0 Å². The van der Waals surface area contributed by atoms with Crippen LogP contribution in [0.15, 0.2) is 285 Å². The molecule has 0 amide bonds. The molecule has 0 atom stereocenters. The van der Waals surface area contributed by atoms with Gasteiger partial charge in [-0.25, -0.2) is 0 Å². The molecule has 1 nitrogen and oxygen atoms in total. The van der Waals surface area contributed by atoms with E-state index in [4.69, 9.17) is 0 Å². The molecule has 11 aromatic carbocycles. The fourth-order valence-corrected chi connectivity index (χ4v) is 16.4. The molecule has 0 N–H and O–H groups in total. The van der Waals surface area contributed by atoms with Crippen molar-refractivity contribution < 1.29 is 0 Å². The van der Waals surface area contributed by atoms with Gasteiger partial charge in [0.2, 0.25) is 0 Å². The Morgan fingerprint density at radius 1 is 0.243 bits per heavy atom. The fraction of sp³-hybridized carbons (Fsp3) is 0. The van der Waals surface area contributed by atoms with E-state index in [1.165, 1.54) is 104 Å². The van der Waals surface area contributed by atoms with Gasteiger partial charge in [0, 0.05) is 22.8 Å². The van der Waals surface area contributed by atoms with Gasteiger partial charge in [0.15, 0.2) is 8.07 Å². The Hall–Kier alpha value is -8.82. The number of nitrogens with zero attached hydrogens (tertiary/aromatic N) is 1. The van der Waals surface area contributed by atoms with Gasteiger partial charge >= 0.3 is 0 Å². The summed E-state index contributed by atoms with van der Waals surface area (Å²) in [6, 6.07) is 103. The molecule has 0 unspecified atom stereocenters. The third kappa shape index (κ3) is 7.08. The highest BCUT2D eigenvalue weighted by atomic mass is 28.3. The lowest BCUT2D eigenvalue weighted by molar-refractivity contribution is 1.13. The van der Waals surface area contributed by atoms with Crippen molar-refractivity contribution in [2.45, 2.75) is 0 Å². The Kier molecular flexibility index (Phi) is 10.3. The maximum absolute atomic E-state index is 2.74. The molecule has 0 bridgehead atoms. The van der Waals surface area contributed by atoms with Crippen LogP contribution in [0.5, 0.6) is 0 Å². The molecule has 1 aliphatic rings. The molecular formula is C68H47NSi. The van der Waals surface area contributed by atoms with Crippen LogP contribution in [0.2, 0.25) is 0 Å². The molecule has 0 spiro atoms. The second-order valence-electron chi connectivity index (χ2n) is 18.5. The minimum Gasteiger partial charge on any atom is -0.316 e. The van der Waals surface area contributed by atoms with Crippen molar-refractivity contribution in [3.05, 3.63) is 285 Å². The first-order valence-corrected chi connectivity index (χ1v) is 26.2. The van der Waals surface area contributed by atoms with Gasteiger partial charge in [0.1, 0.15) is 0 Å². The molecule has 0 radical (unpaired) electrons. The number of benzene rings is 11. The summed E-state index contributed by atoms with van der Waals surface area (Å²) in [6.07, 6.45) is 2.40. The average molecular weight is 906 g/mol. The largest absolute Gasteiger partial charge is 0.316 e. The SMILES string of the molecule is c1ccc(-c2cc(-c3ccccc3)cc(-c3ccc4c(c3)c(-c3cc(-c5ccccc5)cc(-c5ccccc5)c3)cn4-c3ccc4c(c3)[Si](c3ccccc3)(c3ccccc3)c3ccccc3-4)c2)cc1. The molecule has 1 aliphatic heterocycles. The minimum absolute atomic E-state index is 1.15. The zero-order valence-corrected chi connectivity index (χ0v) is 39.6. The van der Waals surface area contributed by atoms with E-state index in [1.807, 2.05) is 0 Å². The number of fused-ring (bicyclic) bond motifs is 4. The van der Waals surface area contributed by atoms with Crippen molar-refractivity contribution in [3.63, 3.8) is 0 Å². The summed E-state index contributed by atoms with van der Waals surface area (Å²) in [5.74, 6) is 0. The maximum Gasteiger partial charge on any atom is 0.180 e. The van der Waals surface area contributed by atoms with Crippen LogP contribution in [0.25, 0.3) is 94.5 Å². The van der Waals surface area contributed by atoms with Gasteiger partial charge < -0.3 is 4.57 Å². The Morgan fingerprint density at radius 2 is 0.643 bits per heavy atom. The number of rotatable bonds is 9. The highest BCUT2D eigenvalue weighted by molar-refractivity contribution is 7.22. The second-order valence-corrected chi connectivity index (χ2v) is 22.2. The lowest BCUT2D eigenvalue weighted by Gasteiger charge is -2.31. The summed E-state index contributed by atoms with van der Waals surface area (Å²) in [5, 5.41) is 6.86. The lowest BCUT2D eigenvalue weighted by atomic mass is 9.91. The number of aromatic nitrogens is 1. The normalized spacial score (nSPS) is 12.4. The van der Waals surface area contributed by atoms with E-state index in [2.05, 4.69) is 290 Å². The van der Waals surface area contributed by atoms with Gasteiger partial charge in [0.05, 0.1) is 5.52 Å². The van der Waals surface area contributed by atoms with E-state index in [0.29, 0.717) is 0 Å². The summed E-state index contributed by atoms with van der Waals surface area (Å²) >= 11 is 0. The van der Waals surface area contributed by atoms with Crippen LogP contribution < -0.4 is 20.7 Å². The molecule has 70 heavy (non-hydrogen) atoms. The zero-order valence-electron chi connectivity index (χ0n) is 38.6. The Morgan fingerprint density at radius 3 is 1.13 bits per heavy atom. The Balaban J connectivity index is 1.07. The number of hydrogen-bond acceptors (Lipinski definition) is 0. The van der Waals surface area contributed by atoms with E-state index in [-0.39, 0.29) is 0 Å². The summed E-state index contributed by atoms with van der Waals surface area (Å²) in [5.41, 5.74) is 19.3. The van der Waals surface area contributed by atoms with E-state index in [9.17, 15) is 0 Å². The van der Waals surface area contributed by atoms with Crippen LogP contribution in [-0.4, -0.2) is 12.6 Å². The molecule has 12 aromatic rings. The molecule has 328 valence electrons. The van der Waals surface area contributed by atoms with Gasteiger partial charge in [-0.15, -0.1) is 0 Å². The van der Waals surface area contributed by atoms with Crippen LogP contribution in [0.3, 0.4) is 0 Å². The first-order chi connectivity index (χ1) is 34.7. The summed E-state index contributed by atoms with van der Waals surface area (Å²) in [6.45, 7) is 0. The zero-order chi connectivity index (χ0) is 46.4. The maximum atomic E-state index is 2.53. The molecule has 0 saturated carbocycles. The van der Waals surface area contributed by atoms with E-state index >= 15 is 0 Å². The van der Waals surface area contributed by atoms with Crippen LogP contribution >= 0.6 is 0 Å². The molecule has 2 heterocycles. The molecular weight excluding hydrogens is 859 g/mol. The summed E-state index contributed by atoms with van der Waals surface area (Å²) < 4.78 is 2.46. The molecule has 2 heteroatoms. The van der Waals surface area contributed by atoms with Crippen LogP contribution in [0.1, 0.15) is 0 Å². The predicted octanol–water partition coefficient (Wildman–Crippen LogP) is 15.0. The quantitative estimate of drug-likeness (QED) is 0.127. The lowest BCUT2D eigenvalue weighted by Crippen LogP contribution is -2.72. The van der Waals surface area contributed by atoms with Crippen LogP contribution in [-0.2, 0) is 0 Å². The topological polar surface area (TPSA) is 4.93 Å². The van der Waals surface area contributed by atoms with E-state index in [0.717, 1.165) is 11.2 Å². The molecule has 13 rings (SSSR count). The average Bonchev–Trinajstić information content (AvgIpc) is 3.98. The van der Waals surface area contributed by atoms with Crippen molar-refractivity contribution in [1.82, 2.24) is 4.57 Å². The third-order valence-corrected chi connectivity index (χ3v) is 19.3. The van der Waals surface area contributed by atoms with Gasteiger partial charge in [-0.1, -0.05) is 218 Å². The monoisotopic (exact) mass is 905 g/mol. The second kappa shape index (κ2) is 17.4. The van der Waals surface area contributed by atoms with Gasteiger partial charge in [-0.05, 0) is 154 Å². The molecule has 1 aromatic heterocycles. The first kappa shape index (κ1) is 41.4. The summed E-state index contributed by atoms with van der Waals surface area (Å²) in [7, 11) is -2.74. The van der Waals surface area contributed by atoms with Crippen molar-refractivity contribution in [2.75, 3.05) is 0 Å². The van der Waals surface area contributed by atoms with Crippen LogP contribution in [0.4, 0.5) is 0 Å². The van der Waals surface area contributed by atoms with Crippen molar-refractivity contribution in [1.29, 1.82) is 0 Å². The predicted molar refractivity (Wildman–Crippen MR) is 299 cm³/mol. The highest BCUT2D eigenvalue weighted by Crippen LogP contribution is 2.41. The van der Waals surface area contributed by atoms with Crippen molar-refractivity contribution >= 4 is 39.7 Å². The third-order valence-electron chi connectivity index (χ3n) is 14.5. The fourth-order valence-electron chi connectivity index (χ4n) is 11.2. The Bertz CT molecular complexity index is 3690. The van der Waals surface area contributed by atoms with Crippen molar-refractivity contribution in [3.8, 4) is 83.6 Å². The van der Waals surface area contributed by atoms with Crippen LogP contribution in [0, 0.1) is 0 Å². The number of hydrogen-bond donors (Lipinski definition) is 0. The molecule has 0 fully saturated rings. The van der Waals surface area contributed by atoms with Gasteiger partial charge in [-0.3, -0.25) is 0 Å². The van der Waals surface area contributed by atoms with E-state index < -0.39 is 8.07 Å². The highest BCUT2D eigenvalue weighted by Gasteiger charge is 2.48. The minimum atomic E-state index is -2.74. The summed E-state index contributed by atoms with van der Waals surface area (Å²) in [4.78, 5) is 0.